The zero-order valence-corrected chi connectivity index (χ0v) is 19.1. The molecule has 0 radical (unpaired) electrons. The molecule has 0 amide bonds. The van der Waals surface area contributed by atoms with Crippen LogP contribution in [0.15, 0.2) is 88.9 Å². The maximum atomic E-state index is 12.7. The van der Waals surface area contributed by atoms with Gasteiger partial charge in [0.1, 0.15) is 5.75 Å². The Hall–Kier alpha value is -3.24. The number of ether oxygens (including phenoxy) is 1. The first-order valence-electron chi connectivity index (χ1n) is 9.79. The van der Waals surface area contributed by atoms with Gasteiger partial charge in [-0.3, -0.25) is 4.57 Å². The van der Waals surface area contributed by atoms with Gasteiger partial charge in [-0.1, -0.05) is 54.2 Å². The fraction of sp³-hybridized carbons (Fsp3) is 0.130. The fourth-order valence-corrected chi connectivity index (χ4v) is 4.76. The van der Waals surface area contributed by atoms with Gasteiger partial charge < -0.3 is 4.74 Å². The summed E-state index contributed by atoms with van der Waals surface area (Å²) in [5.41, 5.74) is 2.51. The largest absolute Gasteiger partial charge is 0.497 e. The minimum absolute atomic E-state index is 0.404. The van der Waals surface area contributed by atoms with Crippen molar-refractivity contribution in [3.05, 3.63) is 84.4 Å². The number of thioether (sulfide) groups is 1. The fourth-order valence-electron chi connectivity index (χ4n) is 3.13. The quantitative estimate of drug-likeness (QED) is 0.317. The number of benzene rings is 3. The van der Waals surface area contributed by atoms with Crippen molar-refractivity contribution in [2.75, 3.05) is 7.11 Å². The summed E-state index contributed by atoms with van der Waals surface area (Å²) in [6.45, 7) is 0. The highest BCUT2D eigenvalue weighted by molar-refractivity contribution is 7.98. The molecule has 33 heavy (non-hydrogen) atoms. The normalized spacial score (nSPS) is 11.6. The SMILES string of the molecule is COc1ccc(-n2c(SCc3ccc(S(=O)(=O)C(F)F)cc3)nnc2-c2ccccc2)cc1. The van der Waals surface area contributed by atoms with Crippen LogP contribution in [-0.2, 0) is 15.6 Å². The van der Waals surface area contributed by atoms with Crippen molar-refractivity contribution in [1.29, 1.82) is 0 Å². The van der Waals surface area contributed by atoms with Crippen molar-refractivity contribution in [3.63, 3.8) is 0 Å². The van der Waals surface area contributed by atoms with Gasteiger partial charge in [-0.2, -0.15) is 8.78 Å². The smallest absolute Gasteiger partial charge is 0.341 e. The van der Waals surface area contributed by atoms with Gasteiger partial charge in [-0.25, -0.2) is 8.42 Å². The van der Waals surface area contributed by atoms with E-state index in [1.807, 2.05) is 59.2 Å². The van der Waals surface area contributed by atoms with E-state index in [1.165, 1.54) is 36.0 Å². The number of sulfone groups is 1. The van der Waals surface area contributed by atoms with E-state index in [1.54, 1.807) is 7.11 Å². The molecule has 0 N–H and O–H groups in total. The van der Waals surface area contributed by atoms with E-state index >= 15 is 0 Å². The molecule has 1 aromatic heterocycles. The van der Waals surface area contributed by atoms with Crippen LogP contribution in [0.2, 0.25) is 0 Å². The molecule has 0 fully saturated rings. The first-order chi connectivity index (χ1) is 15.9. The molecule has 4 aromatic rings. The van der Waals surface area contributed by atoms with Gasteiger partial charge >= 0.3 is 5.76 Å². The predicted molar refractivity (Wildman–Crippen MR) is 123 cm³/mol. The Morgan fingerprint density at radius 2 is 1.61 bits per heavy atom. The molecule has 1 heterocycles. The van der Waals surface area contributed by atoms with E-state index in [0.717, 1.165) is 22.6 Å². The van der Waals surface area contributed by atoms with Crippen LogP contribution in [0.3, 0.4) is 0 Å². The number of aromatic nitrogens is 3. The average molecular weight is 488 g/mol. The van der Waals surface area contributed by atoms with Crippen LogP contribution < -0.4 is 4.74 Å². The molecule has 3 aromatic carbocycles. The van der Waals surface area contributed by atoms with Gasteiger partial charge in [0.25, 0.3) is 0 Å². The predicted octanol–water partition coefficient (Wildman–Crippen LogP) is 5.23. The number of methoxy groups -OCH3 is 1. The molecule has 0 atom stereocenters. The summed E-state index contributed by atoms with van der Waals surface area (Å²) in [7, 11) is -3.01. The molecule has 0 aliphatic heterocycles. The van der Waals surface area contributed by atoms with E-state index < -0.39 is 20.5 Å². The highest BCUT2D eigenvalue weighted by Gasteiger charge is 2.26. The van der Waals surface area contributed by atoms with Crippen LogP contribution in [-0.4, -0.2) is 36.0 Å². The molecule has 0 unspecified atom stereocenters. The topological polar surface area (TPSA) is 74.1 Å². The van der Waals surface area contributed by atoms with Crippen molar-refractivity contribution in [3.8, 4) is 22.8 Å². The summed E-state index contributed by atoms with van der Waals surface area (Å²) in [6.07, 6.45) is 0. The zero-order chi connectivity index (χ0) is 23.4. The highest BCUT2D eigenvalue weighted by Crippen LogP contribution is 2.31. The molecular formula is C23H19F2N3O3S2. The van der Waals surface area contributed by atoms with Crippen molar-refractivity contribution < 1.29 is 21.9 Å². The van der Waals surface area contributed by atoms with Gasteiger partial charge in [-0.05, 0) is 42.0 Å². The molecular weight excluding hydrogens is 468 g/mol. The Balaban J connectivity index is 1.63. The lowest BCUT2D eigenvalue weighted by molar-refractivity contribution is 0.234. The van der Waals surface area contributed by atoms with E-state index in [0.29, 0.717) is 16.7 Å². The Morgan fingerprint density at radius 3 is 2.21 bits per heavy atom. The van der Waals surface area contributed by atoms with Crippen LogP contribution >= 0.6 is 11.8 Å². The Bertz CT molecular complexity index is 1330. The summed E-state index contributed by atoms with van der Waals surface area (Å²) in [4.78, 5) is -0.404. The van der Waals surface area contributed by atoms with E-state index in [2.05, 4.69) is 10.2 Å². The third-order valence-electron chi connectivity index (χ3n) is 4.85. The summed E-state index contributed by atoms with van der Waals surface area (Å²) >= 11 is 1.40. The number of rotatable bonds is 8. The number of nitrogens with zero attached hydrogens (tertiary/aromatic N) is 3. The summed E-state index contributed by atoms with van der Waals surface area (Å²) in [5, 5.41) is 9.37. The molecule has 170 valence electrons. The van der Waals surface area contributed by atoms with Crippen molar-refractivity contribution >= 4 is 21.6 Å². The number of halogens is 2. The molecule has 0 aliphatic carbocycles. The van der Waals surface area contributed by atoms with Crippen LogP contribution in [0.5, 0.6) is 5.75 Å². The highest BCUT2D eigenvalue weighted by atomic mass is 32.2. The lowest BCUT2D eigenvalue weighted by Crippen LogP contribution is -2.11. The Labute approximate surface area is 194 Å². The van der Waals surface area contributed by atoms with Gasteiger partial charge in [0.05, 0.1) is 12.0 Å². The second kappa shape index (κ2) is 9.72. The molecule has 0 bridgehead atoms. The van der Waals surface area contributed by atoms with Gasteiger partial charge in [-0.15, -0.1) is 10.2 Å². The minimum atomic E-state index is -4.61. The Morgan fingerprint density at radius 1 is 0.939 bits per heavy atom. The van der Waals surface area contributed by atoms with E-state index in [-0.39, 0.29) is 0 Å². The molecule has 0 saturated heterocycles. The van der Waals surface area contributed by atoms with E-state index in [4.69, 9.17) is 4.74 Å². The molecule has 6 nitrogen and oxygen atoms in total. The second-order valence-electron chi connectivity index (χ2n) is 6.94. The van der Waals surface area contributed by atoms with Gasteiger partial charge in [0, 0.05) is 17.0 Å². The zero-order valence-electron chi connectivity index (χ0n) is 17.4. The Kier molecular flexibility index (Phi) is 6.75. The third-order valence-corrected chi connectivity index (χ3v) is 7.25. The first kappa shape index (κ1) is 22.9. The minimum Gasteiger partial charge on any atom is -0.497 e. The number of alkyl halides is 2. The van der Waals surface area contributed by atoms with Gasteiger partial charge in [0.15, 0.2) is 11.0 Å². The third kappa shape index (κ3) is 4.91. The van der Waals surface area contributed by atoms with Crippen LogP contribution in [0.1, 0.15) is 5.56 Å². The molecule has 0 saturated carbocycles. The second-order valence-corrected chi connectivity index (χ2v) is 9.80. The maximum Gasteiger partial charge on any atom is 0.341 e. The average Bonchev–Trinajstić information content (AvgIpc) is 3.27. The standard InChI is InChI=1S/C23H19F2N3O3S2/c1-31-19-11-9-18(10-12-19)28-21(17-5-3-2-4-6-17)26-27-23(28)32-15-16-7-13-20(14-8-16)33(29,30)22(24)25/h2-14,22H,15H2,1H3. The monoisotopic (exact) mass is 487 g/mol. The number of hydrogen-bond acceptors (Lipinski definition) is 6. The molecule has 4 rings (SSSR count). The van der Waals surface area contributed by atoms with Crippen molar-refractivity contribution in [1.82, 2.24) is 14.8 Å². The van der Waals surface area contributed by atoms with Gasteiger partial charge in [0.2, 0.25) is 9.84 Å². The summed E-state index contributed by atoms with van der Waals surface area (Å²) < 4.78 is 55.9. The first-order valence-corrected chi connectivity index (χ1v) is 12.3. The van der Waals surface area contributed by atoms with E-state index in [9.17, 15) is 17.2 Å². The van der Waals surface area contributed by atoms with Crippen LogP contribution in [0.4, 0.5) is 8.78 Å². The molecule has 10 heteroatoms. The molecule has 0 spiro atoms. The number of hydrogen-bond donors (Lipinski definition) is 0. The molecule has 0 aliphatic rings. The van der Waals surface area contributed by atoms with Crippen molar-refractivity contribution in [2.24, 2.45) is 0 Å². The van der Waals surface area contributed by atoms with Crippen LogP contribution in [0, 0.1) is 0 Å². The summed E-state index contributed by atoms with van der Waals surface area (Å²) in [5.74, 6) is -1.61. The van der Waals surface area contributed by atoms with Crippen molar-refractivity contribution in [2.45, 2.75) is 21.6 Å². The summed E-state index contributed by atoms with van der Waals surface area (Å²) in [6, 6.07) is 22.6. The van der Waals surface area contributed by atoms with Crippen LogP contribution in [0.25, 0.3) is 17.1 Å². The lowest BCUT2D eigenvalue weighted by atomic mass is 10.2. The lowest BCUT2D eigenvalue weighted by Gasteiger charge is -2.11. The maximum absolute atomic E-state index is 12.7.